The number of carboxylic acids is 1. The average Bonchev–Trinajstić information content (AvgIpc) is 2.49. The molecule has 4 aliphatic carbocycles. The lowest BCUT2D eigenvalue weighted by Gasteiger charge is -2.57. The van der Waals surface area contributed by atoms with Crippen molar-refractivity contribution in [3.63, 3.8) is 0 Å². The largest absolute Gasteiger partial charge is 0.490 e. The van der Waals surface area contributed by atoms with E-state index in [2.05, 4.69) is 5.32 Å². The van der Waals surface area contributed by atoms with Crippen LogP contribution in [0, 0.1) is 23.2 Å². The molecule has 0 aromatic rings. The summed E-state index contributed by atoms with van der Waals surface area (Å²) in [6, 6.07) is 0. The number of rotatable bonds is 7. The Morgan fingerprint density at radius 1 is 1.04 bits per heavy atom. The molecule has 4 bridgehead atoms. The fourth-order valence-corrected chi connectivity index (χ4v) is 5.43. The molecule has 0 spiro atoms. The molecule has 0 unspecified atom stereocenters. The third-order valence-corrected chi connectivity index (χ3v) is 5.97. The highest BCUT2D eigenvalue weighted by Gasteiger charge is 2.50. The number of hydrogen-bond acceptors (Lipinski definition) is 3. The maximum atomic E-state index is 10.6. The Labute approximate surface area is 147 Å². The lowest BCUT2D eigenvalue weighted by atomic mass is 9.49. The molecule has 4 saturated carbocycles. The van der Waals surface area contributed by atoms with Crippen LogP contribution in [0.2, 0.25) is 0 Å². The zero-order chi connectivity index (χ0) is 18.5. The topological polar surface area (TPSA) is 75.3 Å². The molecule has 0 heterocycles. The predicted octanol–water partition coefficient (Wildman–Crippen LogP) is 3.55. The van der Waals surface area contributed by atoms with Crippen LogP contribution in [0.1, 0.15) is 57.8 Å². The van der Waals surface area contributed by atoms with E-state index < -0.39 is 12.1 Å². The molecule has 0 aromatic heterocycles. The number of alkyl halides is 3. The number of carbonyl (C=O) groups is 1. The van der Waals surface area contributed by atoms with Crippen molar-refractivity contribution in [1.29, 1.82) is 0 Å². The first-order valence-electron chi connectivity index (χ1n) is 9.45. The molecule has 0 saturated heterocycles. The van der Waals surface area contributed by atoms with Gasteiger partial charge in [-0.05, 0) is 87.6 Å². The minimum Gasteiger partial charge on any atom is -0.475 e. The van der Waals surface area contributed by atoms with Gasteiger partial charge in [-0.1, -0.05) is 6.42 Å². The Hall–Kier alpha value is -0.820. The van der Waals surface area contributed by atoms with Gasteiger partial charge in [-0.2, -0.15) is 13.2 Å². The van der Waals surface area contributed by atoms with Gasteiger partial charge in [0, 0.05) is 6.54 Å². The molecule has 0 aliphatic heterocycles. The molecule has 4 nitrogen and oxygen atoms in total. The highest BCUT2D eigenvalue weighted by Crippen LogP contribution is 2.59. The number of aliphatic carboxylic acids is 1. The normalized spacial score (nSPS) is 33.0. The van der Waals surface area contributed by atoms with Gasteiger partial charge in [0.1, 0.15) is 0 Å². The molecule has 4 N–H and O–H groups in total. The van der Waals surface area contributed by atoms with Crippen LogP contribution < -0.4 is 11.1 Å². The summed E-state index contributed by atoms with van der Waals surface area (Å²) < 4.78 is 31.7. The second-order valence-corrected chi connectivity index (χ2v) is 8.25. The van der Waals surface area contributed by atoms with Gasteiger partial charge in [0.25, 0.3) is 0 Å². The van der Waals surface area contributed by atoms with E-state index in [1.54, 1.807) is 19.3 Å². The molecule has 4 aliphatic rings. The minimum absolute atomic E-state index is 0.711. The lowest BCUT2D eigenvalue weighted by Crippen LogP contribution is -2.50. The van der Waals surface area contributed by atoms with Gasteiger partial charge in [-0.25, -0.2) is 4.79 Å². The zero-order valence-corrected chi connectivity index (χ0v) is 14.8. The third-order valence-electron chi connectivity index (χ3n) is 5.97. The van der Waals surface area contributed by atoms with Gasteiger partial charge in [-0.3, -0.25) is 0 Å². The van der Waals surface area contributed by atoms with Crippen LogP contribution in [0.5, 0.6) is 0 Å². The fraction of sp³-hybridized carbons (Fsp3) is 0.944. The van der Waals surface area contributed by atoms with Crippen molar-refractivity contribution in [2.24, 2.45) is 28.9 Å². The zero-order valence-electron chi connectivity index (χ0n) is 14.8. The summed E-state index contributed by atoms with van der Waals surface area (Å²) in [7, 11) is 0. The highest BCUT2D eigenvalue weighted by molar-refractivity contribution is 5.73. The summed E-state index contributed by atoms with van der Waals surface area (Å²) in [5.41, 5.74) is 6.24. The monoisotopic (exact) mass is 364 g/mol. The van der Waals surface area contributed by atoms with Crippen molar-refractivity contribution in [2.45, 2.75) is 64.0 Å². The molecule has 0 amide bonds. The Bertz CT molecular complexity index is 405. The van der Waals surface area contributed by atoms with Gasteiger partial charge in [0.2, 0.25) is 0 Å². The summed E-state index contributed by atoms with van der Waals surface area (Å²) >= 11 is 0. The molecule has 7 heteroatoms. The van der Waals surface area contributed by atoms with Gasteiger partial charge < -0.3 is 16.2 Å². The molecule has 4 rings (SSSR count). The van der Waals surface area contributed by atoms with Crippen LogP contribution in [0.25, 0.3) is 0 Å². The van der Waals surface area contributed by atoms with E-state index in [9.17, 15) is 13.2 Å². The van der Waals surface area contributed by atoms with E-state index >= 15 is 0 Å². The van der Waals surface area contributed by atoms with E-state index in [0.29, 0.717) is 5.41 Å². The molecule has 4 fully saturated rings. The molecular formula is C18H31F3N2O2. The van der Waals surface area contributed by atoms with E-state index in [1.165, 1.54) is 51.6 Å². The molecule has 0 atom stereocenters. The summed E-state index contributed by atoms with van der Waals surface area (Å²) in [5, 5.41) is 10.9. The highest BCUT2D eigenvalue weighted by atomic mass is 19.4. The number of hydrogen-bond donors (Lipinski definition) is 3. The van der Waals surface area contributed by atoms with Gasteiger partial charge in [0.15, 0.2) is 0 Å². The molecule has 146 valence electrons. The van der Waals surface area contributed by atoms with Gasteiger partial charge in [0.05, 0.1) is 0 Å². The number of carboxylic acid groups (broad SMARTS) is 1. The van der Waals surface area contributed by atoms with Crippen LogP contribution in [0.3, 0.4) is 0 Å². The van der Waals surface area contributed by atoms with Crippen molar-refractivity contribution < 1.29 is 23.1 Å². The first-order chi connectivity index (χ1) is 11.7. The Morgan fingerprint density at radius 2 is 1.52 bits per heavy atom. The standard InChI is InChI=1S/C16H30N2.C2HF3O2/c17-4-2-1-3-5-18-12-16-9-13-6-14(10-16)8-15(7-13)11-16;3-2(4,5)1(6)7/h13-15,18H,1-12,17H2;(H,6,7). The van der Waals surface area contributed by atoms with E-state index in [1.807, 2.05) is 0 Å². The van der Waals surface area contributed by atoms with Crippen molar-refractivity contribution >= 4 is 5.97 Å². The summed E-state index contributed by atoms with van der Waals surface area (Å²) in [6.07, 6.45) is 8.02. The first-order valence-corrected chi connectivity index (χ1v) is 9.45. The van der Waals surface area contributed by atoms with Crippen LogP contribution in [-0.2, 0) is 4.79 Å². The minimum atomic E-state index is -5.08. The third kappa shape index (κ3) is 6.13. The maximum Gasteiger partial charge on any atom is 0.490 e. The van der Waals surface area contributed by atoms with Gasteiger partial charge >= 0.3 is 12.1 Å². The second kappa shape index (κ2) is 8.71. The van der Waals surface area contributed by atoms with Crippen molar-refractivity contribution in [2.75, 3.05) is 19.6 Å². The van der Waals surface area contributed by atoms with Crippen LogP contribution in [0.15, 0.2) is 0 Å². The number of unbranched alkanes of at least 4 members (excludes halogenated alkanes) is 2. The molecular weight excluding hydrogens is 333 g/mol. The Kier molecular flexibility index (Phi) is 7.14. The Morgan fingerprint density at radius 3 is 1.92 bits per heavy atom. The predicted molar refractivity (Wildman–Crippen MR) is 90.1 cm³/mol. The summed E-state index contributed by atoms with van der Waals surface area (Å²) in [4.78, 5) is 8.90. The Balaban J connectivity index is 0.000000277. The number of halogens is 3. The number of nitrogens with two attached hydrogens (primary N) is 1. The van der Waals surface area contributed by atoms with Crippen LogP contribution >= 0.6 is 0 Å². The van der Waals surface area contributed by atoms with E-state index in [0.717, 1.165) is 24.3 Å². The SMILES string of the molecule is NCCCCCNCC12CC3CC(CC(C3)C1)C2.O=C(O)C(F)(F)F. The van der Waals surface area contributed by atoms with E-state index in [-0.39, 0.29) is 0 Å². The second-order valence-electron chi connectivity index (χ2n) is 8.25. The summed E-state index contributed by atoms with van der Waals surface area (Å²) in [6.45, 7) is 3.37. The van der Waals surface area contributed by atoms with Crippen molar-refractivity contribution in [3.05, 3.63) is 0 Å². The average molecular weight is 364 g/mol. The first kappa shape index (κ1) is 20.5. The quantitative estimate of drug-likeness (QED) is 0.604. The van der Waals surface area contributed by atoms with E-state index in [4.69, 9.17) is 15.6 Å². The maximum absolute atomic E-state index is 10.6. The van der Waals surface area contributed by atoms with Crippen LogP contribution in [-0.4, -0.2) is 36.9 Å². The molecule has 0 radical (unpaired) electrons. The van der Waals surface area contributed by atoms with Crippen molar-refractivity contribution in [3.8, 4) is 0 Å². The fourth-order valence-electron chi connectivity index (χ4n) is 5.43. The summed E-state index contributed by atoms with van der Waals surface area (Å²) in [5.74, 6) is 0.522. The lowest BCUT2D eigenvalue weighted by molar-refractivity contribution is -0.192. The number of nitrogens with one attached hydrogen (secondary N) is 1. The van der Waals surface area contributed by atoms with Crippen molar-refractivity contribution in [1.82, 2.24) is 5.32 Å². The van der Waals surface area contributed by atoms with Crippen LogP contribution in [0.4, 0.5) is 13.2 Å². The smallest absolute Gasteiger partial charge is 0.475 e. The van der Waals surface area contributed by atoms with Gasteiger partial charge in [-0.15, -0.1) is 0 Å². The molecule has 25 heavy (non-hydrogen) atoms. The molecule has 0 aromatic carbocycles.